The normalized spacial score (nSPS) is 11.0. The lowest BCUT2D eigenvalue weighted by molar-refractivity contribution is -0.116. The summed E-state index contributed by atoms with van der Waals surface area (Å²) in [6.07, 6.45) is 2.17. The highest BCUT2D eigenvalue weighted by molar-refractivity contribution is 6.31. The first-order chi connectivity index (χ1) is 12.8. The van der Waals surface area contributed by atoms with Crippen LogP contribution in [-0.4, -0.2) is 25.5 Å². The van der Waals surface area contributed by atoms with Crippen molar-refractivity contribution in [1.82, 2.24) is 19.6 Å². The Morgan fingerprint density at radius 2 is 2.00 bits per heavy atom. The maximum Gasteiger partial charge on any atom is 0.226 e. The SMILES string of the molecule is Cc1ccn(CCC(=O)Nc2c(C)nn(Cc3ccc(F)cc3Cl)c2C)n1. The number of carbonyl (C=O) groups excluding carboxylic acids is 1. The molecule has 1 N–H and O–H groups in total. The van der Waals surface area contributed by atoms with E-state index in [1.807, 2.05) is 33.0 Å². The van der Waals surface area contributed by atoms with Crippen LogP contribution in [0.1, 0.15) is 29.1 Å². The fourth-order valence-electron chi connectivity index (χ4n) is 2.85. The first-order valence-corrected chi connectivity index (χ1v) is 8.99. The van der Waals surface area contributed by atoms with Crippen molar-refractivity contribution in [2.45, 2.75) is 40.3 Å². The lowest BCUT2D eigenvalue weighted by atomic mass is 10.2. The molecule has 0 saturated carbocycles. The summed E-state index contributed by atoms with van der Waals surface area (Å²) in [6.45, 7) is 6.53. The molecule has 0 aliphatic heterocycles. The molecule has 2 heterocycles. The molecule has 0 bridgehead atoms. The average Bonchev–Trinajstić information content (AvgIpc) is 3.14. The number of anilines is 1. The molecule has 1 amide bonds. The predicted octanol–water partition coefficient (Wildman–Crippen LogP) is 3.87. The van der Waals surface area contributed by atoms with Crippen LogP contribution in [0.4, 0.5) is 10.1 Å². The number of aryl methyl sites for hydroxylation is 3. The number of carbonyl (C=O) groups is 1. The summed E-state index contributed by atoms with van der Waals surface area (Å²) in [7, 11) is 0. The average molecular weight is 390 g/mol. The number of nitrogens with one attached hydrogen (secondary N) is 1. The summed E-state index contributed by atoms with van der Waals surface area (Å²) in [6, 6.07) is 6.18. The van der Waals surface area contributed by atoms with Gasteiger partial charge in [-0.05, 0) is 44.5 Å². The van der Waals surface area contributed by atoms with Gasteiger partial charge in [0.2, 0.25) is 5.91 Å². The Morgan fingerprint density at radius 1 is 1.22 bits per heavy atom. The Morgan fingerprint density at radius 3 is 2.67 bits per heavy atom. The number of aromatic nitrogens is 4. The third-order valence-electron chi connectivity index (χ3n) is 4.32. The summed E-state index contributed by atoms with van der Waals surface area (Å²) >= 11 is 6.10. The van der Waals surface area contributed by atoms with Crippen LogP contribution >= 0.6 is 11.6 Å². The summed E-state index contributed by atoms with van der Waals surface area (Å²) < 4.78 is 16.7. The van der Waals surface area contributed by atoms with Crippen molar-refractivity contribution in [1.29, 1.82) is 0 Å². The lowest BCUT2D eigenvalue weighted by Crippen LogP contribution is -2.16. The zero-order chi connectivity index (χ0) is 19.6. The number of rotatable bonds is 6. The zero-order valence-corrected chi connectivity index (χ0v) is 16.2. The topological polar surface area (TPSA) is 64.7 Å². The van der Waals surface area contributed by atoms with Gasteiger partial charge >= 0.3 is 0 Å². The first-order valence-electron chi connectivity index (χ1n) is 8.61. The Balaban J connectivity index is 1.68. The molecule has 0 atom stereocenters. The molecule has 0 unspecified atom stereocenters. The van der Waals surface area contributed by atoms with Gasteiger partial charge < -0.3 is 5.32 Å². The molecule has 2 aromatic heterocycles. The maximum atomic E-state index is 13.2. The van der Waals surface area contributed by atoms with E-state index in [9.17, 15) is 9.18 Å². The standard InChI is InChI=1S/C19H21ClFN5O/c1-12-6-8-25(23-12)9-7-18(27)22-19-13(2)24-26(14(19)3)11-15-4-5-16(21)10-17(15)20/h4-6,8,10H,7,9,11H2,1-3H3,(H,22,27). The molecule has 142 valence electrons. The van der Waals surface area contributed by atoms with E-state index in [-0.39, 0.29) is 11.7 Å². The van der Waals surface area contributed by atoms with Crippen molar-refractivity contribution in [3.8, 4) is 0 Å². The Bertz CT molecular complexity index is 979. The minimum atomic E-state index is -0.377. The van der Waals surface area contributed by atoms with Gasteiger partial charge in [0.15, 0.2) is 0 Å². The summed E-state index contributed by atoms with van der Waals surface area (Å²) in [5.74, 6) is -0.480. The van der Waals surface area contributed by atoms with Gasteiger partial charge in [0.1, 0.15) is 5.82 Å². The molecule has 27 heavy (non-hydrogen) atoms. The molecule has 6 nitrogen and oxygen atoms in total. The fourth-order valence-corrected chi connectivity index (χ4v) is 3.08. The van der Waals surface area contributed by atoms with Crippen LogP contribution in [0, 0.1) is 26.6 Å². The van der Waals surface area contributed by atoms with Gasteiger partial charge in [0.05, 0.1) is 29.3 Å². The summed E-state index contributed by atoms with van der Waals surface area (Å²) in [5.41, 5.74) is 3.90. The van der Waals surface area contributed by atoms with Crippen LogP contribution in [0.15, 0.2) is 30.5 Å². The Kier molecular flexibility index (Phi) is 5.60. The smallest absolute Gasteiger partial charge is 0.226 e. The molecule has 3 rings (SSSR count). The van der Waals surface area contributed by atoms with E-state index in [0.717, 1.165) is 17.0 Å². The zero-order valence-electron chi connectivity index (χ0n) is 15.5. The summed E-state index contributed by atoms with van der Waals surface area (Å²) in [5, 5.41) is 12.0. The molecular weight excluding hydrogens is 369 g/mol. The molecule has 0 saturated heterocycles. The molecule has 0 spiro atoms. The summed E-state index contributed by atoms with van der Waals surface area (Å²) in [4.78, 5) is 12.3. The highest BCUT2D eigenvalue weighted by Gasteiger charge is 2.15. The largest absolute Gasteiger partial charge is 0.323 e. The van der Waals surface area contributed by atoms with Gasteiger partial charge in [-0.3, -0.25) is 14.2 Å². The quantitative estimate of drug-likeness (QED) is 0.695. The van der Waals surface area contributed by atoms with Crippen LogP contribution < -0.4 is 5.32 Å². The van der Waals surface area contributed by atoms with Crippen LogP contribution in [0.2, 0.25) is 5.02 Å². The Hall–Kier alpha value is -2.67. The second-order valence-corrected chi connectivity index (χ2v) is 6.86. The monoisotopic (exact) mass is 389 g/mol. The van der Waals surface area contributed by atoms with Crippen molar-refractivity contribution in [2.24, 2.45) is 0 Å². The van der Waals surface area contributed by atoms with Gasteiger partial charge in [0.25, 0.3) is 0 Å². The predicted molar refractivity (Wildman–Crippen MR) is 102 cm³/mol. The van der Waals surface area contributed by atoms with Gasteiger partial charge in [-0.25, -0.2) is 4.39 Å². The second-order valence-electron chi connectivity index (χ2n) is 6.46. The van der Waals surface area contributed by atoms with Crippen LogP contribution in [-0.2, 0) is 17.9 Å². The minimum absolute atomic E-state index is 0.103. The minimum Gasteiger partial charge on any atom is -0.323 e. The lowest BCUT2D eigenvalue weighted by Gasteiger charge is -2.09. The first kappa shape index (κ1) is 19.1. The number of nitrogens with zero attached hydrogens (tertiary/aromatic N) is 4. The van der Waals surface area contributed by atoms with Crippen molar-refractivity contribution >= 4 is 23.2 Å². The van der Waals surface area contributed by atoms with Gasteiger partial charge in [-0.2, -0.15) is 10.2 Å². The molecule has 1 aromatic carbocycles. The number of hydrogen-bond donors (Lipinski definition) is 1. The van der Waals surface area contributed by atoms with E-state index in [1.54, 1.807) is 15.4 Å². The van der Waals surface area contributed by atoms with E-state index < -0.39 is 0 Å². The van der Waals surface area contributed by atoms with Crippen molar-refractivity contribution in [3.05, 3.63) is 63.9 Å². The number of hydrogen-bond acceptors (Lipinski definition) is 3. The van der Waals surface area contributed by atoms with E-state index in [2.05, 4.69) is 15.5 Å². The third kappa shape index (κ3) is 4.54. The van der Waals surface area contributed by atoms with E-state index >= 15 is 0 Å². The number of amides is 1. The van der Waals surface area contributed by atoms with Crippen molar-refractivity contribution in [3.63, 3.8) is 0 Å². The molecule has 0 fully saturated rings. The van der Waals surface area contributed by atoms with E-state index in [0.29, 0.717) is 35.9 Å². The van der Waals surface area contributed by atoms with Gasteiger partial charge in [-0.15, -0.1) is 0 Å². The number of halogens is 2. The second kappa shape index (κ2) is 7.92. The van der Waals surface area contributed by atoms with Crippen molar-refractivity contribution in [2.75, 3.05) is 5.32 Å². The highest BCUT2D eigenvalue weighted by atomic mass is 35.5. The molecule has 0 aliphatic carbocycles. The van der Waals surface area contributed by atoms with Crippen LogP contribution in [0.5, 0.6) is 0 Å². The van der Waals surface area contributed by atoms with Gasteiger partial charge in [-0.1, -0.05) is 17.7 Å². The van der Waals surface area contributed by atoms with Crippen molar-refractivity contribution < 1.29 is 9.18 Å². The number of benzene rings is 1. The van der Waals surface area contributed by atoms with E-state index in [4.69, 9.17) is 11.6 Å². The molecule has 3 aromatic rings. The molecular formula is C19H21ClFN5O. The highest BCUT2D eigenvalue weighted by Crippen LogP contribution is 2.23. The Labute approximate surface area is 161 Å². The third-order valence-corrected chi connectivity index (χ3v) is 4.67. The van der Waals surface area contributed by atoms with Gasteiger partial charge in [0, 0.05) is 24.2 Å². The van der Waals surface area contributed by atoms with E-state index in [1.165, 1.54) is 12.1 Å². The fraction of sp³-hybridized carbons (Fsp3) is 0.316. The molecule has 0 aliphatic rings. The molecule has 0 radical (unpaired) electrons. The van der Waals surface area contributed by atoms with Crippen LogP contribution in [0.3, 0.4) is 0 Å². The molecule has 8 heteroatoms. The maximum absolute atomic E-state index is 13.2. The van der Waals surface area contributed by atoms with Crippen LogP contribution in [0.25, 0.3) is 0 Å².